The predicted molar refractivity (Wildman–Crippen MR) is 71.0 cm³/mol. The quantitative estimate of drug-likeness (QED) is 0.832. The molecule has 0 aromatic carbocycles. The summed E-state index contributed by atoms with van der Waals surface area (Å²) >= 11 is 1.92. The highest BCUT2D eigenvalue weighted by Gasteiger charge is 2.16. The van der Waals surface area contributed by atoms with Crippen LogP contribution in [0.1, 0.15) is 12.0 Å². The van der Waals surface area contributed by atoms with Crippen molar-refractivity contribution in [2.75, 3.05) is 18.1 Å². The molecule has 94 valence electrons. The predicted octanol–water partition coefficient (Wildman–Crippen LogP) is 0.736. The Morgan fingerprint density at radius 1 is 1.71 bits per heavy atom. The summed E-state index contributed by atoms with van der Waals surface area (Å²) < 4.78 is 1.99. The number of hydrogen-bond acceptors (Lipinski definition) is 3. The van der Waals surface area contributed by atoms with Crippen molar-refractivity contribution in [3.05, 3.63) is 24.0 Å². The third-order valence-corrected chi connectivity index (χ3v) is 3.94. The molecule has 0 radical (unpaired) electrons. The SMILES string of the molecule is Cn1ccc(CNC(=O)CC2CSCCN2)c1. The Kier molecular flexibility index (Phi) is 4.50. The molecule has 0 saturated carbocycles. The van der Waals surface area contributed by atoms with Crippen LogP contribution in [-0.2, 0) is 18.4 Å². The first-order valence-corrected chi connectivity index (χ1v) is 7.08. The number of rotatable bonds is 4. The van der Waals surface area contributed by atoms with Gasteiger partial charge in [0.2, 0.25) is 5.91 Å². The maximum atomic E-state index is 11.7. The molecule has 1 aliphatic heterocycles. The summed E-state index contributed by atoms with van der Waals surface area (Å²) in [6.07, 6.45) is 4.59. The van der Waals surface area contributed by atoms with E-state index in [-0.39, 0.29) is 5.91 Å². The Morgan fingerprint density at radius 2 is 2.59 bits per heavy atom. The smallest absolute Gasteiger partial charge is 0.221 e. The van der Waals surface area contributed by atoms with Gasteiger partial charge in [-0.25, -0.2) is 0 Å². The van der Waals surface area contributed by atoms with Crippen molar-refractivity contribution in [2.45, 2.75) is 19.0 Å². The zero-order valence-corrected chi connectivity index (χ0v) is 10.9. The molecule has 1 amide bonds. The van der Waals surface area contributed by atoms with Crippen molar-refractivity contribution in [3.8, 4) is 0 Å². The number of carbonyl (C=O) groups excluding carboxylic acids is 1. The summed E-state index contributed by atoms with van der Waals surface area (Å²) in [6.45, 7) is 1.64. The molecule has 2 heterocycles. The average Bonchev–Trinajstić information content (AvgIpc) is 2.74. The molecule has 0 spiro atoms. The van der Waals surface area contributed by atoms with Gasteiger partial charge in [-0.05, 0) is 11.6 Å². The first-order chi connectivity index (χ1) is 8.24. The first-order valence-electron chi connectivity index (χ1n) is 5.93. The molecule has 4 nitrogen and oxygen atoms in total. The highest BCUT2D eigenvalue weighted by Crippen LogP contribution is 2.10. The monoisotopic (exact) mass is 253 g/mol. The molecule has 1 atom stereocenters. The fourth-order valence-electron chi connectivity index (χ4n) is 1.91. The normalized spacial score (nSPS) is 20.2. The molecule has 2 rings (SSSR count). The van der Waals surface area contributed by atoms with Gasteiger partial charge < -0.3 is 15.2 Å². The summed E-state index contributed by atoms with van der Waals surface area (Å²) in [7, 11) is 1.98. The van der Waals surface area contributed by atoms with Crippen LogP contribution in [0.4, 0.5) is 0 Å². The molecule has 1 unspecified atom stereocenters. The van der Waals surface area contributed by atoms with Crippen LogP contribution < -0.4 is 10.6 Å². The van der Waals surface area contributed by atoms with Gasteiger partial charge in [-0.1, -0.05) is 0 Å². The minimum absolute atomic E-state index is 0.133. The number of thioether (sulfide) groups is 1. The van der Waals surface area contributed by atoms with Crippen LogP contribution >= 0.6 is 11.8 Å². The first kappa shape index (κ1) is 12.5. The lowest BCUT2D eigenvalue weighted by Crippen LogP contribution is -2.41. The molecule has 0 aliphatic carbocycles. The standard InChI is InChI=1S/C12H19N3OS/c1-15-4-2-10(8-15)7-14-12(16)6-11-9-17-5-3-13-11/h2,4,8,11,13H,3,5-7,9H2,1H3,(H,14,16). The third kappa shape index (κ3) is 4.09. The Balaban J connectivity index is 1.70. The maximum absolute atomic E-state index is 11.7. The van der Waals surface area contributed by atoms with E-state index >= 15 is 0 Å². The van der Waals surface area contributed by atoms with Crippen molar-refractivity contribution in [1.29, 1.82) is 0 Å². The van der Waals surface area contributed by atoms with Gasteiger partial charge in [-0.15, -0.1) is 0 Å². The van der Waals surface area contributed by atoms with Crippen molar-refractivity contribution < 1.29 is 4.79 Å². The third-order valence-electron chi connectivity index (χ3n) is 2.81. The van der Waals surface area contributed by atoms with Gasteiger partial charge in [-0.3, -0.25) is 4.79 Å². The van der Waals surface area contributed by atoms with Crippen LogP contribution in [-0.4, -0.2) is 34.6 Å². The molecule has 2 N–H and O–H groups in total. The van der Waals surface area contributed by atoms with Gasteiger partial charge in [-0.2, -0.15) is 11.8 Å². The second kappa shape index (κ2) is 6.12. The Hall–Kier alpha value is -0.940. The lowest BCUT2D eigenvalue weighted by atomic mass is 10.2. The highest BCUT2D eigenvalue weighted by atomic mass is 32.2. The number of hydrogen-bond donors (Lipinski definition) is 2. The molecule has 0 bridgehead atoms. The van der Waals surface area contributed by atoms with E-state index in [9.17, 15) is 4.79 Å². The fraction of sp³-hybridized carbons (Fsp3) is 0.583. The molecule has 1 aromatic heterocycles. The van der Waals surface area contributed by atoms with Crippen LogP contribution in [0.2, 0.25) is 0 Å². The van der Waals surface area contributed by atoms with Crippen LogP contribution in [0.5, 0.6) is 0 Å². The second-order valence-corrected chi connectivity index (χ2v) is 5.54. The van der Waals surface area contributed by atoms with E-state index in [4.69, 9.17) is 0 Å². The number of aryl methyl sites for hydroxylation is 1. The van der Waals surface area contributed by atoms with E-state index in [1.165, 1.54) is 0 Å². The van der Waals surface area contributed by atoms with Crippen molar-refractivity contribution in [3.63, 3.8) is 0 Å². The minimum atomic E-state index is 0.133. The average molecular weight is 253 g/mol. The number of nitrogens with one attached hydrogen (secondary N) is 2. The van der Waals surface area contributed by atoms with E-state index < -0.39 is 0 Å². The molecular weight excluding hydrogens is 234 g/mol. The summed E-state index contributed by atoms with van der Waals surface area (Å²) in [4.78, 5) is 11.7. The van der Waals surface area contributed by atoms with Gasteiger partial charge in [0.05, 0.1) is 0 Å². The van der Waals surface area contributed by atoms with Gasteiger partial charge in [0.15, 0.2) is 0 Å². The molecule has 1 aromatic rings. The molecule has 1 fully saturated rings. The van der Waals surface area contributed by atoms with Gasteiger partial charge in [0, 0.05) is 56.5 Å². The number of nitrogens with zero attached hydrogens (tertiary/aromatic N) is 1. The van der Waals surface area contributed by atoms with E-state index in [1.54, 1.807) is 0 Å². The summed E-state index contributed by atoms with van der Waals surface area (Å²) in [5, 5.41) is 6.32. The van der Waals surface area contributed by atoms with E-state index in [2.05, 4.69) is 10.6 Å². The number of amides is 1. The Labute approximate surface area is 106 Å². The maximum Gasteiger partial charge on any atom is 0.221 e. The lowest BCUT2D eigenvalue weighted by Gasteiger charge is -2.22. The summed E-state index contributed by atoms with van der Waals surface area (Å²) in [5.41, 5.74) is 1.15. The number of aromatic nitrogens is 1. The van der Waals surface area contributed by atoms with Crippen molar-refractivity contribution >= 4 is 17.7 Å². The van der Waals surface area contributed by atoms with E-state index in [0.717, 1.165) is 23.6 Å². The van der Waals surface area contributed by atoms with Gasteiger partial charge in [0.1, 0.15) is 0 Å². The molecule has 17 heavy (non-hydrogen) atoms. The molecular formula is C12H19N3OS. The van der Waals surface area contributed by atoms with E-state index in [0.29, 0.717) is 19.0 Å². The molecule has 5 heteroatoms. The Morgan fingerprint density at radius 3 is 3.24 bits per heavy atom. The van der Waals surface area contributed by atoms with Crippen LogP contribution in [0.3, 0.4) is 0 Å². The minimum Gasteiger partial charge on any atom is -0.357 e. The topological polar surface area (TPSA) is 46.1 Å². The van der Waals surface area contributed by atoms with Gasteiger partial charge >= 0.3 is 0 Å². The zero-order chi connectivity index (χ0) is 12.1. The van der Waals surface area contributed by atoms with Crippen LogP contribution in [0, 0.1) is 0 Å². The fourth-order valence-corrected chi connectivity index (χ4v) is 2.86. The molecule has 1 saturated heterocycles. The van der Waals surface area contributed by atoms with E-state index in [1.807, 2.05) is 41.8 Å². The van der Waals surface area contributed by atoms with Crippen LogP contribution in [0.25, 0.3) is 0 Å². The highest BCUT2D eigenvalue weighted by molar-refractivity contribution is 7.99. The van der Waals surface area contributed by atoms with Crippen LogP contribution in [0.15, 0.2) is 18.5 Å². The zero-order valence-electron chi connectivity index (χ0n) is 10.1. The summed E-state index contributed by atoms with van der Waals surface area (Å²) in [6, 6.07) is 2.36. The van der Waals surface area contributed by atoms with Gasteiger partial charge in [0.25, 0.3) is 0 Å². The van der Waals surface area contributed by atoms with Crippen molar-refractivity contribution in [2.24, 2.45) is 7.05 Å². The molecule has 1 aliphatic rings. The largest absolute Gasteiger partial charge is 0.357 e. The summed E-state index contributed by atoms with van der Waals surface area (Å²) in [5.74, 6) is 2.33. The second-order valence-electron chi connectivity index (χ2n) is 4.39. The number of carbonyl (C=O) groups is 1. The Bertz CT molecular complexity index is 372. The van der Waals surface area contributed by atoms with Crippen molar-refractivity contribution in [1.82, 2.24) is 15.2 Å². The lowest BCUT2D eigenvalue weighted by molar-refractivity contribution is -0.121.